The second-order valence-electron chi connectivity index (χ2n) is 7.69. The third-order valence-electron chi connectivity index (χ3n) is 5.53. The average molecular weight is 565 g/mol. The van der Waals surface area contributed by atoms with Gasteiger partial charge < -0.3 is 4.12 Å². The Morgan fingerprint density at radius 3 is 0.914 bits per heavy atom. The van der Waals surface area contributed by atoms with Crippen LogP contribution in [0.1, 0.15) is 0 Å². The van der Waals surface area contributed by atoms with E-state index in [-0.39, 0.29) is 0 Å². The van der Waals surface area contributed by atoms with Crippen LogP contribution in [0.5, 0.6) is 0 Å². The highest BCUT2D eigenvalue weighted by atomic mass is 32.2. The molecule has 7 heteroatoms. The van der Waals surface area contributed by atoms with Gasteiger partial charge in [-0.1, -0.05) is 48.5 Å². The van der Waals surface area contributed by atoms with E-state index >= 15 is 0 Å². The summed E-state index contributed by atoms with van der Waals surface area (Å²) < 4.78 is 7.36. The number of rotatable bonds is 10. The minimum absolute atomic E-state index is 1.28. The standard InChI is InChI=1S/C28H28OS4Si2/c1-30-21-9-5-13-25(17-21)34(26-14-6-10-22(18-26)31-2)29-35(27-15-7-11-23(19-27)32-3)28-16-8-12-24(20-28)33-4/h5-20H,1-4H3. The molecule has 0 bridgehead atoms. The van der Waals surface area contributed by atoms with E-state index in [2.05, 4.69) is 122 Å². The summed E-state index contributed by atoms with van der Waals surface area (Å²) in [6.07, 6.45) is 8.55. The van der Waals surface area contributed by atoms with E-state index < -0.39 is 18.1 Å². The molecule has 178 valence electrons. The molecule has 0 atom stereocenters. The van der Waals surface area contributed by atoms with Crippen molar-refractivity contribution in [3.05, 3.63) is 97.1 Å². The molecule has 0 amide bonds. The highest BCUT2D eigenvalue weighted by Gasteiger charge is 2.29. The topological polar surface area (TPSA) is 9.23 Å². The molecule has 0 heterocycles. The van der Waals surface area contributed by atoms with Crippen molar-refractivity contribution in [2.75, 3.05) is 25.0 Å². The van der Waals surface area contributed by atoms with Gasteiger partial charge in [0, 0.05) is 19.6 Å². The first-order chi connectivity index (χ1) is 17.1. The molecule has 0 aliphatic heterocycles. The van der Waals surface area contributed by atoms with E-state index in [1.165, 1.54) is 40.3 Å². The number of benzene rings is 4. The van der Waals surface area contributed by atoms with Gasteiger partial charge >= 0.3 is 0 Å². The van der Waals surface area contributed by atoms with E-state index in [0.717, 1.165) is 0 Å². The van der Waals surface area contributed by atoms with Crippen LogP contribution in [0.15, 0.2) is 117 Å². The molecule has 0 saturated carbocycles. The lowest BCUT2D eigenvalue weighted by Crippen LogP contribution is -2.56. The molecule has 0 spiro atoms. The summed E-state index contributed by atoms with van der Waals surface area (Å²) in [6.45, 7) is 0. The van der Waals surface area contributed by atoms with Crippen LogP contribution in [0.4, 0.5) is 0 Å². The minimum atomic E-state index is -1.49. The van der Waals surface area contributed by atoms with Gasteiger partial charge in [-0.3, -0.25) is 0 Å². The van der Waals surface area contributed by atoms with Crippen molar-refractivity contribution in [1.82, 2.24) is 0 Å². The molecule has 2 radical (unpaired) electrons. The van der Waals surface area contributed by atoms with Crippen LogP contribution in [-0.4, -0.2) is 43.1 Å². The summed E-state index contributed by atoms with van der Waals surface area (Å²) in [4.78, 5) is 5.10. The Morgan fingerprint density at radius 2 is 0.686 bits per heavy atom. The number of hydrogen-bond donors (Lipinski definition) is 0. The molecule has 0 aromatic heterocycles. The fourth-order valence-electron chi connectivity index (χ4n) is 3.73. The molecule has 0 N–H and O–H groups in total. The Balaban J connectivity index is 1.85. The highest BCUT2D eigenvalue weighted by molar-refractivity contribution is 7.99. The number of hydrogen-bond acceptors (Lipinski definition) is 5. The molecule has 0 unspecified atom stereocenters. The first-order valence-electron chi connectivity index (χ1n) is 11.1. The maximum absolute atomic E-state index is 7.36. The van der Waals surface area contributed by atoms with Crippen molar-refractivity contribution in [2.45, 2.75) is 19.6 Å². The van der Waals surface area contributed by atoms with Crippen molar-refractivity contribution >= 4 is 85.9 Å². The summed E-state index contributed by atoms with van der Waals surface area (Å²) in [5.41, 5.74) is 0. The molecular weight excluding hydrogens is 537 g/mol. The normalized spacial score (nSPS) is 11.4. The van der Waals surface area contributed by atoms with Gasteiger partial charge in [0.2, 0.25) is 0 Å². The Bertz CT molecular complexity index is 1070. The zero-order chi connectivity index (χ0) is 24.6. The maximum atomic E-state index is 7.36. The summed E-state index contributed by atoms with van der Waals surface area (Å²) in [5, 5.41) is 5.18. The summed E-state index contributed by atoms with van der Waals surface area (Å²) in [7, 11) is -2.98. The Labute approximate surface area is 230 Å². The van der Waals surface area contributed by atoms with Crippen LogP contribution in [0.3, 0.4) is 0 Å². The van der Waals surface area contributed by atoms with Crippen molar-refractivity contribution < 1.29 is 4.12 Å². The minimum Gasteiger partial charge on any atom is -0.442 e. The SMILES string of the molecule is CSc1cccc([Si](O[Si](c2cccc(SC)c2)c2cccc(SC)c2)c2cccc(SC)c2)c1. The van der Waals surface area contributed by atoms with Gasteiger partial charge in [0.1, 0.15) is 0 Å². The van der Waals surface area contributed by atoms with Crippen LogP contribution in [0.2, 0.25) is 0 Å². The monoisotopic (exact) mass is 564 g/mol. The van der Waals surface area contributed by atoms with Crippen molar-refractivity contribution in [3.8, 4) is 0 Å². The van der Waals surface area contributed by atoms with E-state index in [4.69, 9.17) is 4.12 Å². The second kappa shape index (κ2) is 13.3. The maximum Gasteiger partial charge on any atom is 0.272 e. The lowest BCUT2D eigenvalue weighted by atomic mass is 10.4. The van der Waals surface area contributed by atoms with Gasteiger partial charge in [0.05, 0.1) is 0 Å². The predicted octanol–water partition coefficient (Wildman–Crippen LogP) is 5.50. The molecule has 4 rings (SSSR count). The fraction of sp³-hybridized carbons (Fsp3) is 0.143. The quantitative estimate of drug-likeness (QED) is 0.185. The fourth-order valence-corrected chi connectivity index (χ4v) is 11.5. The van der Waals surface area contributed by atoms with Crippen LogP contribution < -0.4 is 20.7 Å². The predicted molar refractivity (Wildman–Crippen MR) is 164 cm³/mol. The van der Waals surface area contributed by atoms with E-state index in [1.807, 2.05) is 0 Å². The van der Waals surface area contributed by atoms with Crippen molar-refractivity contribution in [1.29, 1.82) is 0 Å². The zero-order valence-electron chi connectivity index (χ0n) is 20.3. The van der Waals surface area contributed by atoms with E-state index in [0.29, 0.717) is 0 Å². The molecule has 0 aliphatic carbocycles. The smallest absolute Gasteiger partial charge is 0.272 e. The van der Waals surface area contributed by atoms with Crippen LogP contribution >= 0.6 is 47.0 Å². The lowest BCUT2D eigenvalue weighted by molar-refractivity contribution is 0.633. The summed E-state index contributed by atoms with van der Waals surface area (Å²) in [5.74, 6) is 0. The molecule has 0 fully saturated rings. The second-order valence-corrected chi connectivity index (χ2v) is 15.6. The Morgan fingerprint density at radius 1 is 0.429 bits per heavy atom. The van der Waals surface area contributed by atoms with Crippen molar-refractivity contribution in [3.63, 3.8) is 0 Å². The highest BCUT2D eigenvalue weighted by Crippen LogP contribution is 2.17. The van der Waals surface area contributed by atoms with Crippen molar-refractivity contribution in [2.24, 2.45) is 0 Å². The van der Waals surface area contributed by atoms with Gasteiger partial charge in [0.25, 0.3) is 18.1 Å². The third kappa shape index (κ3) is 6.92. The lowest BCUT2D eigenvalue weighted by Gasteiger charge is -2.24. The van der Waals surface area contributed by atoms with Crippen LogP contribution in [-0.2, 0) is 4.12 Å². The van der Waals surface area contributed by atoms with Gasteiger partial charge in [-0.15, -0.1) is 47.0 Å². The molecule has 4 aromatic rings. The molecule has 4 aromatic carbocycles. The van der Waals surface area contributed by atoms with E-state index in [9.17, 15) is 0 Å². The summed E-state index contributed by atoms with van der Waals surface area (Å²) >= 11 is 7.14. The first-order valence-corrected chi connectivity index (χ1v) is 18.9. The van der Waals surface area contributed by atoms with Gasteiger partial charge in [-0.2, -0.15) is 0 Å². The number of thioether (sulfide) groups is 4. The summed E-state index contributed by atoms with van der Waals surface area (Å²) in [6, 6.07) is 35.7. The molecule has 35 heavy (non-hydrogen) atoms. The Hall–Kier alpha value is -1.33. The van der Waals surface area contributed by atoms with Gasteiger partial charge in [0.15, 0.2) is 0 Å². The largest absolute Gasteiger partial charge is 0.442 e. The third-order valence-corrected chi connectivity index (χ3v) is 13.4. The van der Waals surface area contributed by atoms with E-state index in [1.54, 1.807) is 47.0 Å². The van der Waals surface area contributed by atoms with Gasteiger partial charge in [-0.25, -0.2) is 0 Å². The molecule has 0 aliphatic rings. The molecular formula is C28H28OS4Si2. The first kappa shape index (κ1) is 26.7. The molecule has 0 saturated heterocycles. The zero-order valence-corrected chi connectivity index (χ0v) is 25.5. The van der Waals surface area contributed by atoms with Crippen LogP contribution in [0, 0.1) is 0 Å². The molecule has 1 nitrogen and oxygen atoms in total. The van der Waals surface area contributed by atoms with Gasteiger partial charge in [-0.05, 0) is 94.3 Å². The Kier molecular flexibility index (Phi) is 10.1. The average Bonchev–Trinajstić information content (AvgIpc) is 2.93. The van der Waals surface area contributed by atoms with Crippen LogP contribution in [0.25, 0.3) is 0 Å².